The summed E-state index contributed by atoms with van der Waals surface area (Å²) in [5, 5.41) is 9.88. The van der Waals surface area contributed by atoms with E-state index in [-0.39, 0.29) is 34.7 Å². The van der Waals surface area contributed by atoms with Crippen LogP contribution in [0.5, 0.6) is 0 Å². The first-order chi connectivity index (χ1) is 14.5. The Labute approximate surface area is 186 Å². The summed E-state index contributed by atoms with van der Waals surface area (Å²) in [5.41, 5.74) is -0.196. The van der Waals surface area contributed by atoms with Crippen LogP contribution in [0, 0.1) is 35.0 Å². The second kappa shape index (κ2) is 9.51. The molecule has 0 aromatic carbocycles. The van der Waals surface area contributed by atoms with Crippen molar-refractivity contribution in [3.05, 3.63) is 17.4 Å². The van der Waals surface area contributed by atoms with Gasteiger partial charge in [0, 0.05) is 23.4 Å². The smallest absolute Gasteiger partial charge is 0.341 e. The van der Waals surface area contributed by atoms with E-state index >= 15 is 0 Å². The number of rotatable bonds is 4. The number of carboxylic acids is 1. The van der Waals surface area contributed by atoms with Crippen molar-refractivity contribution >= 4 is 17.8 Å². The van der Waals surface area contributed by atoms with E-state index in [2.05, 4.69) is 25.7 Å². The maximum absolute atomic E-state index is 13.7. The molecule has 170 valence electrons. The first kappa shape index (κ1) is 23.4. The second-order valence-corrected chi connectivity index (χ2v) is 10.7. The van der Waals surface area contributed by atoms with Gasteiger partial charge >= 0.3 is 5.97 Å². The van der Waals surface area contributed by atoms with E-state index in [0.29, 0.717) is 17.6 Å². The van der Waals surface area contributed by atoms with E-state index in [1.54, 1.807) is 4.90 Å². The Balaban J connectivity index is 1.99. The SMILES string of the molecule is CC(C)(C)C#Cc1cc(C(=O)O)c(N(C(=O)[C@H]2CC[C@H](C)CC2)[C@H]2CC[C@@H](C)CC2)o1. The summed E-state index contributed by atoms with van der Waals surface area (Å²) in [6.45, 7) is 10.4. The van der Waals surface area contributed by atoms with Crippen molar-refractivity contribution < 1.29 is 19.1 Å². The molecule has 0 saturated heterocycles. The maximum Gasteiger partial charge on any atom is 0.341 e. The Kier molecular flexibility index (Phi) is 7.19. The van der Waals surface area contributed by atoms with Crippen LogP contribution in [-0.2, 0) is 4.79 Å². The lowest BCUT2D eigenvalue weighted by atomic mass is 9.81. The van der Waals surface area contributed by atoms with Crippen LogP contribution < -0.4 is 4.90 Å². The van der Waals surface area contributed by atoms with Gasteiger partial charge in [0.05, 0.1) is 0 Å². The molecule has 5 heteroatoms. The number of amides is 1. The van der Waals surface area contributed by atoms with Gasteiger partial charge in [-0.2, -0.15) is 0 Å². The number of carbonyl (C=O) groups is 2. The summed E-state index contributed by atoms with van der Waals surface area (Å²) in [4.78, 5) is 27.5. The third-order valence-corrected chi connectivity index (χ3v) is 6.68. The number of furan rings is 1. The fourth-order valence-electron chi connectivity index (χ4n) is 4.67. The van der Waals surface area contributed by atoms with Crippen molar-refractivity contribution in [2.45, 2.75) is 92.0 Å². The van der Waals surface area contributed by atoms with Gasteiger partial charge in [0.1, 0.15) is 5.56 Å². The first-order valence-electron chi connectivity index (χ1n) is 11.8. The molecule has 3 rings (SSSR count). The van der Waals surface area contributed by atoms with Gasteiger partial charge in [0.25, 0.3) is 0 Å². The van der Waals surface area contributed by atoms with Crippen LogP contribution in [0.3, 0.4) is 0 Å². The van der Waals surface area contributed by atoms with Crippen LogP contribution in [0.15, 0.2) is 10.5 Å². The molecule has 1 amide bonds. The van der Waals surface area contributed by atoms with Gasteiger partial charge in [-0.3, -0.25) is 9.69 Å². The normalized spacial score (nSPS) is 26.6. The van der Waals surface area contributed by atoms with E-state index in [0.717, 1.165) is 51.4 Å². The Bertz CT molecular complexity index is 850. The molecule has 0 bridgehead atoms. The lowest BCUT2D eigenvalue weighted by Gasteiger charge is -2.38. The third kappa shape index (κ3) is 5.93. The highest BCUT2D eigenvalue weighted by molar-refractivity contribution is 6.01. The number of hydrogen-bond donors (Lipinski definition) is 1. The van der Waals surface area contributed by atoms with E-state index in [9.17, 15) is 14.7 Å². The molecule has 2 aliphatic carbocycles. The first-order valence-corrected chi connectivity index (χ1v) is 11.8. The standard InChI is InChI=1S/C26H37NO4/c1-17-6-10-19(11-7-17)23(28)27(20-12-8-18(2)9-13-20)24-22(25(29)30)16-21(31-24)14-15-26(3,4)5/h16-20H,6-13H2,1-5H3,(H,29,30)/t17-,18-,19-,20+. The number of carboxylic acid groups (broad SMARTS) is 1. The minimum Gasteiger partial charge on any atom is -0.477 e. The molecule has 0 unspecified atom stereocenters. The van der Waals surface area contributed by atoms with Crippen LogP contribution in [0.25, 0.3) is 0 Å². The van der Waals surface area contributed by atoms with Crippen molar-refractivity contribution in [3.63, 3.8) is 0 Å². The predicted molar refractivity (Wildman–Crippen MR) is 122 cm³/mol. The fourth-order valence-corrected chi connectivity index (χ4v) is 4.67. The topological polar surface area (TPSA) is 70.8 Å². The van der Waals surface area contributed by atoms with Gasteiger partial charge in [-0.1, -0.05) is 19.8 Å². The Morgan fingerprint density at radius 2 is 1.55 bits per heavy atom. The van der Waals surface area contributed by atoms with Gasteiger partial charge in [-0.25, -0.2) is 4.79 Å². The average Bonchev–Trinajstić information content (AvgIpc) is 3.12. The van der Waals surface area contributed by atoms with Gasteiger partial charge in [-0.05, 0) is 89.9 Å². The fraction of sp³-hybridized carbons (Fsp3) is 0.692. The zero-order valence-corrected chi connectivity index (χ0v) is 19.7. The zero-order valence-electron chi connectivity index (χ0n) is 19.7. The minimum absolute atomic E-state index is 0.0178. The molecule has 2 aliphatic rings. The molecule has 0 spiro atoms. The molecular weight excluding hydrogens is 390 g/mol. The second-order valence-electron chi connectivity index (χ2n) is 10.7. The molecule has 1 heterocycles. The zero-order chi connectivity index (χ0) is 22.8. The highest BCUT2D eigenvalue weighted by Gasteiger charge is 2.38. The van der Waals surface area contributed by atoms with Crippen LogP contribution in [0.4, 0.5) is 5.88 Å². The lowest BCUT2D eigenvalue weighted by Crippen LogP contribution is -2.46. The molecule has 0 atom stereocenters. The maximum atomic E-state index is 13.7. The third-order valence-electron chi connectivity index (χ3n) is 6.68. The van der Waals surface area contributed by atoms with E-state index in [1.807, 2.05) is 20.8 Å². The summed E-state index contributed by atoms with van der Waals surface area (Å²) in [6, 6.07) is 1.46. The van der Waals surface area contributed by atoms with Gasteiger partial charge in [0.15, 0.2) is 5.76 Å². The van der Waals surface area contributed by atoms with Crippen molar-refractivity contribution in [1.82, 2.24) is 0 Å². The number of hydrogen-bond acceptors (Lipinski definition) is 3. The highest BCUT2D eigenvalue weighted by Crippen LogP contribution is 2.37. The summed E-state index contributed by atoms with van der Waals surface area (Å²) < 4.78 is 6.00. The molecule has 5 nitrogen and oxygen atoms in total. The number of anilines is 1. The molecule has 1 aromatic heterocycles. The molecule has 0 radical (unpaired) electrons. The molecule has 2 saturated carbocycles. The summed E-state index contributed by atoms with van der Waals surface area (Å²) in [5.74, 6) is 6.71. The minimum atomic E-state index is -1.08. The molecule has 31 heavy (non-hydrogen) atoms. The molecule has 1 N–H and O–H groups in total. The lowest BCUT2D eigenvalue weighted by molar-refractivity contribution is -0.124. The monoisotopic (exact) mass is 427 g/mol. The molecule has 1 aromatic rings. The van der Waals surface area contributed by atoms with Crippen LogP contribution in [-0.4, -0.2) is 23.0 Å². The largest absolute Gasteiger partial charge is 0.477 e. The van der Waals surface area contributed by atoms with Crippen molar-refractivity contribution in [1.29, 1.82) is 0 Å². The van der Waals surface area contributed by atoms with Crippen molar-refractivity contribution in [2.75, 3.05) is 4.90 Å². The number of aromatic carboxylic acids is 1. The van der Waals surface area contributed by atoms with Crippen molar-refractivity contribution in [3.8, 4) is 11.8 Å². The number of nitrogens with zero attached hydrogens (tertiary/aromatic N) is 1. The quantitative estimate of drug-likeness (QED) is 0.588. The van der Waals surface area contributed by atoms with Crippen LogP contribution >= 0.6 is 0 Å². The number of carbonyl (C=O) groups excluding carboxylic acids is 1. The van der Waals surface area contributed by atoms with Gasteiger partial charge in [-0.15, -0.1) is 0 Å². The molecule has 0 aliphatic heterocycles. The molecular formula is C26H37NO4. The highest BCUT2D eigenvalue weighted by atomic mass is 16.4. The summed E-state index contributed by atoms with van der Waals surface area (Å²) in [6.07, 6.45) is 7.62. The van der Waals surface area contributed by atoms with E-state index < -0.39 is 5.97 Å². The van der Waals surface area contributed by atoms with Gasteiger partial charge in [0.2, 0.25) is 11.8 Å². The summed E-state index contributed by atoms with van der Waals surface area (Å²) >= 11 is 0. The van der Waals surface area contributed by atoms with Crippen molar-refractivity contribution in [2.24, 2.45) is 23.2 Å². The Hall–Kier alpha value is -2.22. The Morgan fingerprint density at radius 1 is 1.00 bits per heavy atom. The van der Waals surface area contributed by atoms with E-state index in [4.69, 9.17) is 4.42 Å². The Morgan fingerprint density at radius 3 is 2.06 bits per heavy atom. The van der Waals surface area contributed by atoms with E-state index in [1.165, 1.54) is 6.07 Å². The summed E-state index contributed by atoms with van der Waals surface area (Å²) in [7, 11) is 0. The van der Waals surface area contributed by atoms with Crippen LogP contribution in [0.2, 0.25) is 0 Å². The predicted octanol–water partition coefficient (Wildman–Crippen LogP) is 6.11. The van der Waals surface area contributed by atoms with Gasteiger partial charge < -0.3 is 9.52 Å². The van der Waals surface area contributed by atoms with Crippen LogP contribution in [0.1, 0.15) is 102 Å². The molecule has 2 fully saturated rings. The average molecular weight is 428 g/mol.